The highest BCUT2D eigenvalue weighted by Crippen LogP contribution is 2.54. The Kier molecular flexibility index (Phi) is 5.01. The molecule has 0 saturated heterocycles. The Morgan fingerprint density at radius 3 is 2.59 bits per heavy atom. The Morgan fingerprint density at radius 2 is 1.91 bits per heavy atom. The molecule has 178 valence electrons. The zero-order valence-electron chi connectivity index (χ0n) is 21.4. The maximum atomic E-state index is 13.8. The molecule has 1 aliphatic carbocycles. The number of allylic oxidation sites excluding steroid dienone is 2. The first kappa shape index (κ1) is 22.8. The zero-order chi connectivity index (χ0) is 24.5. The second-order valence-electron chi connectivity index (χ2n) is 12.3. The Bertz CT molecular complexity index is 1270. The van der Waals surface area contributed by atoms with Crippen molar-refractivity contribution >= 4 is 5.78 Å². The number of carbonyl (C=O) groups is 1. The third-order valence-electron chi connectivity index (χ3n) is 7.35. The van der Waals surface area contributed by atoms with Crippen LogP contribution < -0.4 is 5.32 Å². The van der Waals surface area contributed by atoms with Gasteiger partial charge in [0.15, 0.2) is 11.6 Å². The minimum atomic E-state index is -0.596. The number of ketones is 1. The Balaban J connectivity index is 1.71. The fourth-order valence-corrected chi connectivity index (χ4v) is 5.95. The van der Waals surface area contributed by atoms with E-state index in [1.165, 1.54) is 0 Å². The van der Waals surface area contributed by atoms with E-state index in [1.807, 2.05) is 24.1 Å². The first-order valence-electron chi connectivity index (χ1n) is 12.2. The predicted molar refractivity (Wildman–Crippen MR) is 134 cm³/mol. The number of nitrogens with zero attached hydrogens (tertiary/aromatic N) is 4. The van der Waals surface area contributed by atoms with Gasteiger partial charge in [0.1, 0.15) is 0 Å². The summed E-state index contributed by atoms with van der Waals surface area (Å²) in [5.74, 6) is 1.05. The molecular weight excluding hydrogens is 422 g/mol. The molecule has 2 aliphatic heterocycles. The first-order chi connectivity index (χ1) is 15.9. The van der Waals surface area contributed by atoms with Crippen molar-refractivity contribution in [3.63, 3.8) is 0 Å². The molecule has 5 rings (SSSR count). The third-order valence-corrected chi connectivity index (χ3v) is 7.35. The maximum Gasteiger partial charge on any atom is 0.162 e. The zero-order valence-corrected chi connectivity index (χ0v) is 21.4. The van der Waals surface area contributed by atoms with Crippen molar-refractivity contribution in [2.24, 2.45) is 28.1 Å². The van der Waals surface area contributed by atoms with Crippen LogP contribution in [-0.2, 0) is 17.3 Å². The van der Waals surface area contributed by atoms with Crippen LogP contribution in [0.4, 0.5) is 0 Å². The fourth-order valence-electron chi connectivity index (χ4n) is 5.95. The number of hydrogen-bond donors (Lipinski definition) is 1. The third kappa shape index (κ3) is 3.73. The van der Waals surface area contributed by atoms with Gasteiger partial charge < -0.3 is 5.32 Å². The lowest BCUT2D eigenvalue weighted by atomic mass is 9.59. The van der Waals surface area contributed by atoms with Crippen LogP contribution >= 0.6 is 0 Å². The molecule has 0 bridgehead atoms. The maximum absolute atomic E-state index is 13.8. The van der Waals surface area contributed by atoms with Crippen LogP contribution in [0, 0.1) is 10.8 Å². The molecule has 3 heterocycles. The highest BCUT2D eigenvalue weighted by atomic mass is 16.1. The van der Waals surface area contributed by atoms with E-state index < -0.39 is 5.41 Å². The monoisotopic (exact) mass is 457 g/mol. The quantitative estimate of drug-likeness (QED) is 0.608. The van der Waals surface area contributed by atoms with Crippen molar-refractivity contribution in [2.75, 3.05) is 0 Å². The lowest BCUT2D eigenvalue weighted by Gasteiger charge is -2.45. The molecule has 2 atom stereocenters. The number of nitrogens with one attached hydrogen (secondary N) is 1. The van der Waals surface area contributed by atoms with Gasteiger partial charge in [-0.2, -0.15) is 10.2 Å². The van der Waals surface area contributed by atoms with Gasteiger partial charge >= 0.3 is 0 Å². The fraction of sp³-hybridized carbons (Fsp3) is 0.500. The largest absolute Gasteiger partial charge is 0.342 e. The van der Waals surface area contributed by atoms with E-state index in [0.717, 1.165) is 52.2 Å². The van der Waals surface area contributed by atoms with Gasteiger partial charge in [0.25, 0.3) is 0 Å². The molecule has 6 heteroatoms. The lowest BCUT2D eigenvalue weighted by Crippen LogP contribution is -2.46. The first-order valence-corrected chi connectivity index (χ1v) is 12.2. The van der Waals surface area contributed by atoms with Crippen LogP contribution in [0.25, 0.3) is 11.1 Å². The van der Waals surface area contributed by atoms with Gasteiger partial charge in [-0.3, -0.25) is 9.48 Å². The van der Waals surface area contributed by atoms with Crippen LogP contribution in [0.5, 0.6) is 0 Å². The Labute approximate surface area is 202 Å². The normalized spacial score (nSPS) is 26.0. The summed E-state index contributed by atoms with van der Waals surface area (Å²) in [6.45, 7) is 13.2. The highest BCUT2D eigenvalue weighted by Gasteiger charge is 2.52. The van der Waals surface area contributed by atoms with Crippen LogP contribution in [0.1, 0.15) is 66.4 Å². The summed E-state index contributed by atoms with van der Waals surface area (Å²) < 4.78 is 1.82. The van der Waals surface area contributed by atoms with E-state index >= 15 is 0 Å². The average Bonchev–Trinajstić information content (AvgIpc) is 3.32. The van der Waals surface area contributed by atoms with Crippen molar-refractivity contribution in [1.29, 1.82) is 0 Å². The molecule has 2 aromatic rings. The molecular formula is C28H35N5O. The summed E-state index contributed by atoms with van der Waals surface area (Å²) in [5.41, 5.74) is 5.68. The number of azo groups is 1. The smallest absolute Gasteiger partial charge is 0.162 e. The number of aryl methyl sites for hydroxylation is 1. The second kappa shape index (κ2) is 7.49. The van der Waals surface area contributed by atoms with E-state index in [-0.39, 0.29) is 22.7 Å². The molecule has 0 spiro atoms. The van der Waals surface area contributed by atoms with E-state index in [9.17, 15) is 4.79 Å². The number of benzene rings is 1. The van der Waals surface area contributed by atoms with Crippen molar-refractivity contribution < 1.29 is 4.79 Å². The van der Waals surface area contributed by atoms with E-state index in [0.29, 0.717) is 6.42 Å². The lowest BCUT2D eigenvalue weighted by molar-refractivity contribution is -0.118. The highest BCUT2D eigenvalue weighted by molar-refractivity contribution is 6.01. The van der Waals surface area contributed by atoms with Crippen LogP contribution in [-0.4, -0.2) is 21.6 Å². The van der Waals surface area contributed by atoms with Crippen molar-refractivity contribution in [1.82, 2.24) is 15.1 Å². The second-order valence-corrected chi connectivity index (χ2v) is 12.3. The SMILES string of the molecule is Cn1cc(-c2cccc([C@]3(C)C4=C(CC(C)(C)CC4=O)NC4=C3C(CC(C)(C)C)N=N4)c2)cn1. The van der Waals surface area contributed by atoms with Crippen molar-refractivity contribution in [3.05, 3.63) is 64.9 Å². The van der Waals surface area contributed by atoms with Gasteiger partial charge in [-0.05, 0) is 47.8 Å². The summed E-state index contributed by atoms with van der Waals surface area (Å²) in [6, 6.07) is 8.50. The number of rotatable bonds is 3. The van der Waals surface area contributed by atoms with Crippen LogP contribution in [0.3, 0.4) is 0 Å². The van der Waals surface area contributed by atoms with Gasteiger partial charge in [-0.15, -0.1) is 5.11 Å². The minimum Gasteiger partial charge on any atom is -0.342 e. The molecule has 6 nitrogen and oxygen atoms in total. The average molecular weight is 458 g/mol. The molecule has 1 aromatic carbocycles. The van der Waals surface area contributed by atoms with E-state index in [1.54, 1.807) is 0 Å². The molecule has 0 radical (unpaired) electrons. The van der Waals surface area contributed by atoms with Gasteiger partial charge in [-0.1, -0.05) is 52.8 Å². The molecule has 0 fully saturated rings. The van der Waals surface area contributed by atoms with E-state index in [2.05, 4.69) is 81.3 Å². The molecule has 34 heavy (non-hydrogen) atoms. The topological polar surface area (TPSA) is 71.6 Å². The minimum absolute atomic E-state index is 0.0636. The van der Waals surface area contributed by atoms with Crippen LogP contribution in [0.2, 0.25) is 0 Å². The van der Waals surface area contributed by atoms with Gasteiger partial charge in [0.05, 0.1) is 12.2 Å². The van der Waals surface area contributed by atoms with Crippen LogP contribution in [0.15, 0.2) is 69.6 Å². The predicted octanol–water partition coefficient (Wildman–Crippen LogP) is 6.07. The molecule has 1 unspecified atom stereocenters. The molecule has 1 N–H and O–H groups in total. The number of dihydropyridines is 1. The van der Waals surface area contributed by atoms with Crippen molar-refractivity contribution in [3.8, 4) is 11.1 Å². The molecule has 0 saturated carbocycles. The number of hydrogen-bond acceptors (Lipinski definition) is 5. The Morgan fingerprint density at radius 1 is 1.15 bits per heavy atom. The number of aromatic nitrogens is 2. The van der Waals surface area contributed by atoms with Gasteiger partial charge in [0, 0.05) is 47.5 Å². The summed E-state index contributed by atoms with van der Waals surface area (Å²) >= 11 is 0. The summed E-state index contributed by atoms with van der Waals surface area (Å²) in [5, 5.41) is 17.3. The number of carbonyl (C=O) groups excluding carboxylic acids is 1. The van der Waals surface area contributed by atoms with Gasteiger partial charge in [0.2, 0.25) is 0 Å². The summed E-state index contributed by atoms with van der Waals surface area (Å²) in [6.07, 6.45) is 6.15. The summed E-state index contributed by atoms with van der Waals surface area (Å²) in [7, 11) is 1.93. The molecule has 0 amide bonds. The summed E-state index contributed by atoms with van der Waals surface area (Å²) in [4.78, 5) is 13.8. The molecule has 3 aliphatic rings. The van der Waals surface area contributed by atoms with E-state index in [4.69, 9.17) is 5.11 Å². The van der Waals surface area contributed by atoms with Gasteiger partial charge in [-0.25, -0.2) is 0 Å². The van der Waals surface area contributed by atoms with Crippen molar-refractivity contribution in [2.45, 2.75) is 72.3 Å². The Hall–Kier alpha value is -3.02. The molecule has 1 aromatic heterocycles. The standard InChI is InChI=1S/C28H35N5O/c1-26(2,3)12-21-24-25(32-31-21)30-20-13-27(4,5)14-22(34)23(20)28(24,6)19-10-8-9-17(11-19)18-15-29-33(7)16-18/h8-11,15-16,21,30H,12-14H2,1-7H3/t21?,28-/m1/s1. The number of Topliss-reactive ketones (excluding diaryl/α,β-unsaturated/α-hetero) is 1.